The number of carbonyl (C=O) groups is 1. The highest BCUT2D eigenvalue weighted by atomic mass is 32.2. The molecule has 0 radical (unpaired) electrons. The van der Waals surface area contributed by atoms with Crippen molar-refractivity contribution in [3.63, 3.8) is 0 Å². The van der Waals surface area contributed by atoms with Crippen LogP contribution in [0.3, 0.4) is 0 Å². The Balaban J connectivity index is 1.76. The summed E-state index contributed by atoms with van der Waals surface area (Å²) in [6, 6.07) is 18.5. The van der Waals surface area contributed by atoms with Crippen molar-refractivity contribution < 1.29 is 22.0 Å². The van der Waals surface area contributed by atoms with Crippen molar-refractivity contribution in [3.05, 3.63) is 102 Å². The lowest BCUT2D eigenvalue weighted by molar-refractivity contribution is -0.121. The Labute approximate surface area is 178 Å². The predicted molar refractivity (Wildman–Crippen MR) is 113 cm³/mol. The summed E-state index contributed by atoms with van der Waals surface area (Å²) < 4.78 is 53.3. The van der Waals surface area contributed by atoms with Gasteiger partial charge in [-0.05, 0) is 47.5 Å². The zero-order chi connectivity index (χ0) is 22.3. The van der Waals surface area contributed by atoms with E-state index in [1.54, 1.807) is 18.2 Å². The van der Waals surface area contributed by atoms with Gasteiger partial charge in [0.25, 0.3) is 5.91 Å². The van der Waals surface area contributed by atoms with Crippen LogP contribution in [0.25, 0.3) is 0 Å². The largest absolute Gasteiger partial charge is 0.272 e. The van der Waals surface area contributed by atoms with Crippen molar-refractivity contribution in [1.29, 1.82) is 0 Å². The van der Waals surface area contributed by atoms with E-state index >= 15 is 0 Å². The van der Waals surface area contributed by atoms with E-state index in [0.717, 1.165) is 4.31 Å². The number of amides is 1. The van der Waals surface area contributed by atoms with Crippen molar-refractivity contribution in [2.75, 3.05) is 6.54 Å². The maximum Gasteiger partial charge on any atom is 0.255 e. The maximum atomic E-state index is 13.2. The fraction of sp³-hybridized carbons (Fsp3) is 0.0909. The molecule has 0 spiro atoms. The summed E-state index contributed by atoms with van der Waals surface area (Å²) in [4.78, 5) is 12.4. The number of hydrazone groups is 1. The summed E-state index contributed by atoms with van der Waals surface area (Å²) in [6.45, 7) is -0.637. The van der Waals surface area contributed by atoms with Crippen LogP contribution in [-0.4, -0.2) is 31.4 Å². The fourth-order valence-electron chi connectivity index (χ4n) is 2.68. The van der Waals surface area contributed by atoms with Crippen molar-refractivity contribution >= 4 is 22.1 Å². The third kappa shape index (κ3) is 6.27. The van der Waals surface area contributed by atoms with Gasteiger partial charge in [-0.15, -0.1) is 0 Å². The quantitative estimate of drug-likeness (QED) is 0.429. The number of hydrogen-bond acceptors (Lipinski definition) is 4. The predicted octanol–water partition coefficient (Wildman–Crippen LogP) is 3.31. The van der Waals surface area contributed by atoms with Gasteiger partial charge < -0.3 is 0 Å². The minimum absolute atomic E-state index is 0.0275. The van der Waals surface area contributed by atoms with Gasteiger partial charge in [0.2, 0.25) is 10.0 Å². The highest BCUT2D eigenvalue weighted by molar-refractivity contribution is 7.89. The summed E-state index contributed by atoms with van der Waals surface area (Å²) >= 11 is 0. The first-order valence-corrected chi connectivity index (χ1v) is 10.7. The third-order valence-corrected chi connectivity index (χ3v) is 6.05. The monoisotopic (exact) mass is 443 g/mol. The lowest BCUT2D eigenvalue weighted by Crippen LogP contribution is -2.39. The van der Waals surface area contributed by atoms with Gasteiger partial charge in [0.1, 0.15) is 11.6 Å². The lowest BCUT2D eigenvalue weighted by Gasteiger charge is -2.21. The normalized spacial score (nSPS) is 11.7. The first kappa shape index (κ1) is 22.3. The molecule has 1 N–H and O–H groups in total. The van der Waals surface area contributed by atoms with Gasteiger partial charge in [-0.1, -0.05) is 42.5 Å². The number of nitrogens with one attached hydrogen (secondary N) is 1. The summed E-state index contributed by atoms with van der Waals surface area (Å²) in [5.41, 5.74) is 3.34. The van der Waals surface area contributed by atoms with Gasteiger partial charge in [-0.2, -0.15) is 9.41 Å². The second-order valence-corrected chi connectivity index (χ2v) is 8.50. The average molecular weight is 443 g/mol. The minimum Gasteiger partial charge on any atom is -0.272 e. The Kier molecular flexibility index (Phi) is 7.22. The van der Waals surface area contributed by atoms with Crippen LogP contribution in [0.15, 0.2) is 88.9 Å². The van der Waals surface area contributed by atoms with Gasteiger partial charge in [0.05, 0.1) is 17.7 Å². The van der Waals surface area contributed by atoms with E-state index in [1.165, 1.54) is 66.9 Å². The van der Waals surface area contributed by atoms with Crippen molar-refractivity contribution in [3.8, 4) is 0 Å². The molecule has 0 aliphatic rings. The molecule has 3 aromatic rings. The van der Waals surface area contributed by atoms with E-state index in [9.17, 15) is 22.0 Å². The molecule has 9 heteroatoms. The number of hydrogen-bond donors (Lipinski definition) is 1. The molecule has 0 atom stereocenters. The lowest BCUT2D eigenvalue weighted by atomic mass is 10.2. The Bertz CT molecular complexity index is 1150. The Morgan fingerprint density at radius 2 is 1.48 bits per heavy atom. The van der Waals surface area contributed by atoms with Crippen LogP contribution in [0.1, 0.15) is 11.1 Å². The molecule has 0 heterocycles. The van der Waals surface area contributed by atoms with Crippen LogP contribution in [0.4, 0.5) is 8.78 Å². The number of rotatable bonds is 8. The highest BCUT2D eigenvalue weighted by Crippen LogP contribution is 2.18. The Hall–Kier alpha value is -3.43. The molecule has 160 valence electrons. The number of halogens is 2. The summed E-state index contributed by atoms with van der Waals surface area (Å²) in [6.07, 6.45) is 1.31. The molecule has 0 bridgehead atoms. The van der Waals surface area contributed by atoms with Crippen molar-refractivity contribution in [2.45, 2.75) is 11.4 Å². The number of benzene rings is 3. The third-order valence-electron chi connectivity index (χ3n) is 4.25. The topological polar surface area (TPSA) is 78.8 Å². The fourth-order valence-corrected chi connectivity index (χ4v) is 4.09. The van der Waals surface area contributed by atoms with Gasteiger partial charge >= 0.3 is 0 Å². The minimum atomic E-state index is -4.00. The summed E-state index contributed by atoms with van der Waals surface area (Å²) in [7, 11) is -4.00. The zero-order valence-electron chi connectivity index (χ0n) is 16.3. The molecule has 0 aliphatic heterocycles. The molecule has 0 saturated carbocycles. The maximum absolute atomic E-state index is 13.2. The van der Waals surface area contributed by atoms with Crippen LogP contribution < -0.4 is 5.43 Å². The zero-order valence-corrected chi connectivity index (χ0v) is 17.1. The smallest absolute Gasteiger partial charge is 0.255 e. The number of nitrogens with zero attached hydrogens (tertiary/aromatic N) is 2. The van der Waals surface area contributed by atoms with Crippen LogP contribution in [0, 0.1) is 11.6 Å². The first-order chi connectivity index (χ1) is 14.8. The molecule has 3 rings (SSSR count). The van der Waals surface area contributed by atoms with Gasteiger partial charge in [-0.3, -0.25) is 4.79 Å². The van der Waals surface area contributed by atoms with E-state index in [2.05, 4.69) is 10.5 Å². The highest BCUT2D eigenvalue weighted by Gasteiger charge is 2.26. The van der Waals surface area contributed by atoms with Crippen LogP contribution >= 0.6 is 0 Å². The molecule has 6 nitrogen and oxygen atoms in total. The average Bonchev–Trinajstić information content (AvgIpc) is 2.77. The molecule has 0 fully saturated rings. The second kappa shape index (κ2) is 10.1. The van der Waals surface area contributed by atoms with Crippen LogP contribution in [0.5, 0.6) is 0 Å². The van der Waals surface area contributed by atoms with E-state index in [1.807, 2.05) is 0 Å². The summed E-state index contributed by atoms with van der Waals surface area (Å²) in [5.74, 6) is -1.52. The molecule has 0 aliphatic carbocycles. The van der Waals surface area contributed by atoms with Crippen molar-refractivity contribution in [2.24, 2.45) is 5.10 Å². The molecule has 3 aromatic carbocycles. The van der Waals surface area contributed by atoms with E-state index in [4.69, 9.17) is 0 Å². The molecule has 0 aromatic heterocycles. The first-order valence-electron chi connectivity index (χ1n) is 9.22. The summed E-state index contributed by atoms with van der Waals surface area (Å²) in [5, 5.41) is 3.78. The Morgan fingerprint density at radius 1 is 0.903 bits per heavy atom. The van der Waals surface area contributed by atoms with Crippen molar-refractivity contribution in [1.82, 2.24) is 9.73 Å². The molecular formula is C22H19F2N3O3S. The van der Waals surface area contributed by atoms with Gasteiger partial charge in [0, 0.05) is 6.54 Å². The number of carbonyl (C=O) groups excluding carboxylic acids is 1. The van der Waals surface area contributed by atoms with Gasteiger partial charge in [0.15, 0.2) is 0 Å². The molecule has 0 unspecified atom stereocenters. The molecular weight excluding hydrogens is 424 g/mol. The van der Waals surface area contributed by atoms with Crippen LogP contribution in [-0.2, 0) is 21.4 Å². The Morgan fingerprint density at radius 3 is 2.10 bits per heavy atom. The molecule has 0 saturated heterocycles. The molecule has 1 amide bonds. The van der Waals surface area contributed by atoms with E-state index in [0.29, 0.717) is 11.1 Å². The standard InChI is InChI=1S/C22H19F2N3O3S/c23-19-10-6-17(7-11-19)14-25-26-22(28)16-27(15-18-8-12-20(24)13-9-18)31(29,30)21-4-2-1-3-5-21/h1-14H,15-16H2,(H,26,28)/b25-14-. The molecule has 31 heavy (non-hydrogen) atoms. The van der Waals surface area contributed by atoms with Crippen LogP contribution in [0.2, 0.25) is 0 Å². The van der Waals surface area contributed by atoms with E-state index in [-0.39, 0.29) is 11.4 Å². The van der Waals surface area contributed by atoms with Gasteiger partial charge in [-0.25, -0.2) is 22.6 Å². The second-order valence-electron chi connectivity index (χ2n) is 6.56. The van der Waals surface area contributed by atoms with E-state index < -0.39 is 34.1 Å². The number of sulfonamides is 1. The SMILES string of the molecule is O=C(CN(Cc1ccc(F)cc1)S(=O)(=O)c1ccccc1)N/N=C\c1ccc(F)cc1.